The molecule has 9 nitrogen and oxygen atoms in total. The number of aliphatic hydroxyl groups excluding tert-OH is 1. The average Bonchev–Trinajstić information content (AvgIpc) is 2.83. The quantitative estimate of drug-likeness (QED) is 0.346. The Bertz CT molecular complexity index is 971. The van der Waals surface area contributed by atoms with Crippen LogP contribution in [0, 0.1) is 0 Å². The van der Waals surface area contributed by atoms with Crippen molar-refractivity contribution in [3.8, 4) is 11.5 Å². The number of nitrogens with one attached hydrogen (secondary N) is 3. The minimum absolute atomic E-state index is 0.112. The van der Waals surface area contributed by atoms with Crippen molar-refractivity contribution in [3.63, 3.8) is 0 Å². The number of hydrogen-bond donors (Lipinski definition) is 4. The van der Waals surface area contributed by atoms with Gasteiger partial charge in [0.15, 0.2) is 6.61 Å². The van der Waals surface area contributed by atoms with Crippen LogP contribution in [0.5, 0.6) is 11.5 Å². The molecule has 0 radical (unpaired) electrons. The maximum Gasteiger partial charge on any atom is 0.257 e. The van der Waals surface area contributed by atoms with E-state index in [0.29, 0.717) is 49.0 Å². The van der Waals surface area contributed by atoms with E-state index in [1.807, 2.05) is 30.3 Å². The summed E-state index contributed by atoms with van der Waals surface area (Å²) >= 11 is 6.26. The van der Waals surface area contributed by atoms with E-state index < -0.39 is 6.10 Å². The predicted molar refractivity (Wildman–Crippen MR) is 125 cm³/mol. The number of carbonyl (C=O) groups excluding carboxylic acids is 2. The highest BCUT2D eigenvalue weighted by Crippen LogP contribution is 2.26. The van der Waals surface area contributed by atoms with Crippen molar-refractivity contribution in [2.75, 3.05) is 32.8 Å². The molecular formula is C23H27ClN4O5. The van der Waals surface area contributed by atoms with Gasteiger partial charge in [0, 0.05) is 32.5 Å². The van der Waals surface area contributed by atoms with Gasteiger partial charge in [0.05, 0.1) is 10.7 Å². The monoisotopic (exact) mass is 474 g/mol. The number of rotatable bonds is 12. The number of benzene rings is 2. The van der Waals surface area contributed by atoms with E-state index in [0.717, 1.165) is 11.3 Å². The Morgan fingerprint density at radius 3 is 2.70 bits per heavy atom. The molecule has 0 saturated carbocycles. The molecule has 0 aliphatic carbocycles. The highest BCUT2D eigenvalue weighted by atomic mass is 35.5. The van der Waals surface area contributed by atoms with Gasteiger partial charge in [-0.25, -0.2) is 5.43 Å². The fourth-order valence-electron chi connectivity index (χ4n) is 3.00. The minimum Gasteiger partial charge on any atom is -0.491 e. The highest BCUT2D eigenvalue weighted by molar-refractivity contribution is 6.32. The first kappa shape index (κ1) is 24.5. The number of para-hydroxylation sites is 1. The van der Waals surface area contributed by atoms with Crippen LogP contribution in [0.15, 0.2) is 53.6 Å². The molecule has 0 saturated heterocycles. The second kappa shape index (κ2) is 12.8. The Morgan fingerprint density at radius 1 is 1.15 bits per heavy atom. The van der Waals surface area contributed by atoms with Crippen LogP contribution in [0.2, 0.25) is 5.02 Å². The lowest BCUT2D eigenvalue weighted by molar-refractivity contribution is -0.123. The molecule has 10 heteroatoms. The number of hydrogen-bond acceptors (Lipinski definition) is 7. The smallest absolute Gasteiger partial charge is 0.257 e. The molecule has 33 heavy (non-hydrogen) atoms. The fraction of sp³-hybridized carbons (Fsp3) is 0.348. The number of amides is 2. The summed E-state index contributed by atoms with van der Waals surface area (Å²) in [6, 6.07) is 14.4. The van der Waals surface area contributed by atoms with Crippen LogP contribution in [0.4, 0.5) is 0 Å². The topological polar surface area (TPSA) is 121 Å². The molecule has 4 N–H and O–H groups in total. The normalized spacial score (nSPS) is 14.1. The Morgan fingerprint density at radius 2 is 1.97 bits per heavy atom. The summed E-state index contributed by atoms with van der Waals surface area (Å²) in [6.45, 7) is 1.22. The lowest BCUT2D eigenvalue weighted by atomic mass is 10.0. The highest BCUT2D eigenvalue weighted by Gasteiger charge is 2.15. The number of halogens is 1. The fourth-order valence-corrected chi connectivity index (χ4v) is 3.24. The Hall–Kier alpha value is -3.14. The van der Waals surface area contributed by atoms with Gasteiger partial charge in [-0.15, -0.1) is 0 Å². The van der Waals surface area contributed by atoms with Crippen LogP contribution in [-0.4, -0.2) is 61.6 Å². The van der Waals surface area contributed by atoms with Gasteiger partial charge in [0.2, 0.25) is 5.91 Å². The number of nitrogens with zero attached hydrogens (tertiary/aromatic N) is 1. The van der Waals surface area contributed by atoms with Crippen LogP contribution in [0.3, 0.4) is 0 Å². The molecular weight excluding hydrogens is 448 g/mol. The summed E-state index contributed by atoms with van der Waals surface area (Å²) in [5, 5.41) is 20.1. The molecule has 0 spiro atoms. The van der Waals surface area contributed by atoms with Crippen molar-refractivity contribution in [1.82, 2.24) is 16.1 Å². The van der Waals surface area contributed by atoms with Gasteiger partial charge in [-0.05, 0) is 35.9 Å². The van der Waals surface area contributed by atoms with Crippen LogP contribution in [0.25, 0.3) is 0 Å². The lowest BCUT2D eigenvalue weighted by Crippen LogP contribution is -2.38. The third-order valence-electron chi connectivity index (χ3n) is 4.72. The van der Waals surface area contributed by atoms with E-state index >= 15 is 0 Å². The van der Waals surface area contributed by atoms with E-state index in [-0.39, 0.29) is 25.0 Å². The zero-order valence-corrected chi connectivity index (χ0v) is 18.8. The molecule has 1 heterocycles. The average molecular weight is 475 g/mol. The van der Waals surface area contributed by atoms with Crippen LogP contribution >= 0.6 is 11.6 Å². The van der Waals surface area contributed by atoms with Crippen molar-refractivity contribution in [2.24, 2.45) is 5.10 Å². The van der Waals surface area contributed by atoms with Gasteiger partial charge < -0.3 is 25.2 Å². The maximum absolute atomic E-state index is 12.0. The molecule has 2 amide bonds. The third kappa shape index (κ3) is 8.38. The molecule has 1 atom stereocenters. The van der Waals surface area contributed by atoms with Crippen LogP contribution in [0.1, 0.15) is 18.4 Å². The molecule has 0 unspecified atom stereocenters. The van der Waals surface area contributed by atoms with Crippen molar-refractivity contribution in [2.45, 2.75) is 18.9 Å². The largest absolute Gasteiger partial charge is 0.491 e. The molecule has 3 rings (SSSR count). The van der Waals surface area contributed by atoms with Crippen LogP contribution in [-0.2, 0) is 9.59 Å². The van der Waals surface area contributed by atoms with Gasteiger partial charge in [-0.3, -0.25) is 9.59 Å². The maximum atomic E-state index is 12.0. The summed E-state index contributed by atoms with van der Waals surface area (Å²) in [4.78, 5) is 23.2. The zero-order chi connectivity index (χ0) is 23.5. The Balaban J connectivity index is 1.29. The number of ether oxygens (including phenoxy) is 2. The van der Waals surface area contributed by atoms with E-state index in [2.05, 4.69) is 21.2 Å². The first-order chi connectivity index (χ1) is 16.0. The summed E-state index contributed by atoms with van der Waals surface area (Å²) in [5.41, 5.74) is 3.98. The standard InChI is InChI=1S/C23H27ClN4O5/c24-19-12-16(20-7-9-22(30)28-27-20)6-8-21(19)33-15-23(31)26-11-10-25-13-17(29)14-32-18-4-2-1-3-5-18/h1-6,8,12,17,25,29H,7,9-11,13-15H2,(H,26,31)(H,28,30)/t17-/m0/s1. The first-order valence-corrected chi connectivity index (χ1v) is 11.0. The molecule has 0 fully saturated rings. The van der Waals surface area contributed by atoms with Gasteiger partial charge in [0.25, 0.3) is 5.91 Å². The second-order valence-electron chi connectivity index (χ2n) is 7.36. The second-order valence-corrected chi connectivity index (χ2v) is 7.77. The lowest BCUT2D eigenvalue weighted by Gasteiger charge is -2.14. The first-order valence-electron chi connectivity index (χ1n) is 10.6. The van der Waals surface area contributed by atoms with Crippen molar-refractivity contribution < 1.29 is 24.2 Å². The predicted octanol–water partition coefficient (Wildman–Crippen LogP) is 1.48. The number of carbonyl (C=O) groups is 2. The molecule has 176 valence electrons. The summed E-state index contributed by atoms with van der Waals surface area (Å²) in [7, 11) is 0. The van der Waals surface area contributed by atoms with Gasteiger partial charge in [0.1, 0.15) is 24.2 Å². The molecule has 2 aromatic rings. The molecule has 0 bridgehead atoms. The SMILES string of the molecule is O=C(COc1ccc(C2=NNC(=O)CC2)cc1Cl)NCCNC[C@H](O)COc1ccccc1. The van der Waals surface area contributed by atoms with Gasteiger partial charge in [-0.1, -0.05) is 29.8 Å². The zero-order valence-electron chi connectivity index (χ0n) is 18.1. The van der Waals surface area contributed by atoms with E-state index in [9.17, 15) is 14.7 Å². The van der Waals surface area contributed by atoms with Gasteiger partial charge >= 0.3 is 0 Å². The molecule has 0 aromatic heterocycles. The van der Waals surface area contributed by atoms with E-state index in [1.165, 1.54) is 0 Å². The molecule has 1 aliphatic rings. The minimum atomic E-state index is -0.662. The Kier molecular flexibility index (Phi) is 9.49. The van der Waals surface area contributed by atoms with Crippen LogP contribution < -0.4 is 25.5 Å². The number of hydrazone groups is 1. The third-order valence-corrected chi connectivity index (χ3v) is 5.01. The van der Waals surface area contributed by atoms with E-state index in [4.69, 9.17) is 21.1 Å². The Labute approximate surface area is 197 Å². The van der Waals surface area contributed by atoms with Crippen molar-refractivity contribution in [1.29, 1.82) is 0 Å². The van der Waals surface area contributed by atoms with E-state index in [1.54, 1.807) is 18.2 Å². The summed E-state index contributed by atoms with van der Waals surface area (Å²) in [6.07, 6.45) is 0.255. The summed E-state index contributed by atoms with van der Waals surface area (Å²) < 4.78 is 11.0. The van der Waals surface area contributed by atoms with Crippen molar-refractivity contribution in [3.05, 3.63) is 59.1 Å². The molecule has 1 aliphatic heterocycles. The number of aliphatic hydroxyl groups is 1. The van der Waals surface area contributed by atoms with Crippen molar-refractivity contribution >= 4 is 29.1 Å². The van der Waals surface area contributed by atoms with Gasteiger partial charge in [-0.2, -0.15) is 5.10 Å². The summed E-state index contributed by atoms with van der Waals surface area (Å²) in [5.74, 6) is 0.689. The molecule has 2 aromatic carbocycles.